The maximum absolute atomic E-state index is 9.74. The molecular weight excluding hydrogens is 316 g/mol. The van der Waals surface area contributed by atoms with E-state index in [0.717, 1.165) is 27.6 Å². The Bertz CT molecular complexity index is 1030. The van der Waals surface area contributed by atoms with E-state index in [0.29, 0.717) is 11.6 Å². The van der Waals surface area contributed by atoms with Gasteiger partial charge < -0.3 is 9.47 Å². The first kappa shape index (κ1) is 15.2. The molecular formula is C19H16N4O2. The lowest BCUT2D eigenvalue weighted by molar-refractivity contribution is 0.397. The number of nitriles is 1. The molecule has 0 fully saturated rings. The minimum Gasteiger partial charge on any atom is -0.496 e. The first-order valence-electron chi connectivity index (χ1n) is 7.92. The van der Waals surface area contributed by atoms with Crippen LogP contribution in [0.1, 0.15) is 22.7 Å². The van der Waals surface area contributed by atoms with Crippen LogP contribution in [0.2, 0.25) is 0 Å². The zero-order valence-electron chi connectivity index (χ0n) is 13.8. The summed E-state index contributed by atoms with van der Waals surface area (Å²) in [5, 5.41) is 27.0. The summed E-state index contributed by atoms with van der Waals surface area (Å²) in [5.74, 6) is -0.190. The molecule has 2 atom stereocenters. The number of aromatic amines is 1. The van der Waals surface area contributed by atoms with Crippen molar-refractivity contribution in [3.63, 3.8) is 0 Å². The van der Waals surface area contributed by atoms with Crippen molar-refractivity contribution in [2.45, 2.75) is 12.8 Å². The Morgan fingerprint density at radius 1 is 1.24 bits per heavy atom. The number of ether oxygens (including phenoxy) is 2. The van der Waals surface area contributed by atoms with Gasteiger partial charge >= 0.3 is 0 Å². The monoisotopic (exact) mass is 332 g/mol. The number of nitrogens with zero attached hydrogens (tertiary/aromatic N) is 2. The highest BCUT2D eigenvalue weighted by molar-refractivity contribution is 5.92. The maximum Gasteiger partial charge on any atom is 0.243 e. The molecule has 0 radical (unpaired) electrons. The summed E-state index contributed by atoms with van der Waals surface area (Å²) in [6.07, 6.45) is 0. The highest BCUT2D eigenvalue weighted by Gasteiger charge is 2.41. The number of aryl methyl sites for hydroxylation is 1. The minimum absolute atomic E-state index is 0.0958. The molecule has 2 heterocycles. The third-order valence-corrected chi connectivity index (χ3v) is 4.69. The normalized spacial score (nSPS) is 19.2. The van der Waals surface area contributed by atoms with Crippen molar-refractivity contribution < 1.29 is 9.47 Å². The summed E-state index contributed by atoms with van der Waals surface area (Å²) in [7, 11) is 1.61. The highest BCUT2D eigenvalue weighted by Crippen LogP contribution is 2.47. The van der Waals surface area contributed by atoms with Crippen LogP contribution >= 0.6 is 0 Å². The van der Waals surface area contributed by atoms with E-state index in [-0.39, 0.29) is 11.8 Å². The van der Waals surface area contributed by atoms with Gasteiger partial charge in [0.1, 0.15) is 11.7 Å². The van der Waals surface area contributed by atoms with Crippen LogP contribution < -0.4 is 9.47 Å². The molecule has 2 N–H and O–H groups in total. The van der Waals surface area contributed by atoms with Gasteiger partial charge in [-0.3, -0.25) is 10.5 Å². The van der Waals surface area contributed by atoms with E-state index in [1.54, 1.807) is 7.11 Å². The van der Waals surface area contributed by atoms with Crippen molar-refractivity contribution in [2.75, 3.05) is 7.11 Å². The summed E-state index contributed by atoms with van der Waals surface area (Å²) in [6.45, 7) is 1.89. The standard InChI is InChI=1S/C19H16N4O2/c1-10-15-17(13(9-20)18(21)25-19(15)23-22-10)16-12-6-4-3-5-11(12)7-8-14(16)24-2/h3-8,13,17,21H,1-2H3,(H,22,23). The summed E-state index contributed by atoms with van der Waals surface area (Å²) in [6, 6.07) is 14.1. The smallest absolute Gasteiger partial charge is 0.243 e. The molecule has 6 nitrogen and oxygen atoms in total. The van der Waals surface area contributed by atoms with Crippen LogP contribution in [0.3, 0.4) is 0 Å². The van der Waals surface area contributed by atoms with E-state index >= 15 is 0 Å². The fourth-order valence-corrected chi connectivity index (χ4v) is 3.56. The van der Waals surface area contributed by atoms with Crippen LogP contribution in [0.15, 0.2) is 36.4 Å². The topological polar surface area (TPSA) is 94.8 Å². The Hall–Kier alpha value is -3.33. The third kappa shape index (κ3) is 2.17. The van der Waals surface area contributed by atoms with Crippen LogP contribution in [0.5, 0.6) is 11.6 Å². The number of H-pyrrole nitrogens is 1. The molecule has 0 bridgehead atoms. The van der Waals surface area contributed by atoms with Crippen molar-refractivity contribution >= 4 is 16.7 Å². The van der Waals surface area contributed by atoms with Gasteiger partial charge in [0, 0.05) is 22.7 Å². The summed E-state index contributed by atoms with van der Waals surface area (Å²) in [5.41, 5.74) is 2.51. The van der Waals surface area contributed by atoms with Crippen molar-refractivity contribution in [1.82, 2.24) is 10.2 Å². The highest BCUT2D eigenvalue weighted by atomic mass is 16.5. The van der Waals surface area contributed by atoms with Crippen molar-refractivity contribution in [2.24, 2.45) is 5.92 Å². The summed E-state index contributed by atoms with van der Waals surface area (Å²) >= 11 is 0. The van der Waals surface area contributed by atoms with Crippen molar-refractivity contribution in [1.29, 1.82) is 10.7 Å². The van der Waals surface area contributed by atoms with Crippen molar-refractivity contribution in [3.8, 4) is 17.7 Å². The molecule has 3 aromatic rings. The number of rotatable bonds is 2. The van der Waals surface area contributed by atoms with Crippen LogP contribution in [0.25, 0.3) is 10.8 Å². The van der Waals surface area contributed by atoms with E-state index in [9.17, 15) is 5.26 Å². The molecule has 4 rings (SSSR count). The van der Waals surface area contributed by atoms with Crippen LogP contribution in [0.4, 0.5) is 0 Å². The molecule has 0 saturated heterocycles. The van der Waals surface area contributed by atoms with Crippen LogP contribution in [-0.4, -0.2) is 23.2 Å². The fourth-order valence-electron chi connectivity index (χ4n) is 3.56. The van der Waals surface area contributed by atoms with Gasteiger partial charge in [0.2, 0.25) is 11.8 Å². The van der Waals surface area contributed by atoms with E-state index in [2.05, 4.69) is 16.3 Å². The van der Waals surface area contributed by atoms with E-state index in [1.807, 2.05) is 43.3 Å². The van der Waals surface area contributed by atoms with E-state index < -0.39 is 5.92 Å². The molecule has 0 amide bonds. The van der Waals surface area contributed by atoms with E-state index in [4.69, 9.17) is 14.9 Å². The first-order valence-corrected chi connectivity index (χ1v) is 7.92. The molecule has 124 valence electrons. The number of nitrogens with one attached hydrogen (secondary N) is 2. The van der Waals surface area contributed by atoms with Crippen LogP contribution in [-0.2, 0) is 0 Å². The van der Waals surface area contributed by atoms with E-state index in [1.165, 1.54) is 0 Å². The zero-order valence-corrected chi connectivity index (χ0v) is 13.8. The summed E-state index contributed by atoms with van der Waals surface area (Å²) in [4.78, 5) is 0. The van der Waals surface area contributed by atoms with Crippen LogP contribution in [0, 0.1) is 29.6 Å². The maximum atomic E-state index is 9.74. The Morgan fingerprint density at radius 2 is 2.04 bits per heavy atom. The Labute approximate surface area is 144 Å². The SMILES string of the molecule is COc1ccc2ccccc2c1C1c2c(n[nH]c2C)OC(=N)C1C#N. The molecule has 0 spiro atoms. The Kier molecular flexibility index (Phi) is 3.43. The largest absolute Gasteiger partial charge is 0.496 e. The van der Waals surface area contributed by atoms with Crippen molar-refractivity contribution in [3.05, 3.63) is 53.2 Å². The second kappa shape index (κ2) is 5.64. The van der Waals surface area contributed by atoms with Gasteiger partial charge in [0.15, 0.2) is 0 Å². The summed E-state index contributed by atoms with van der Waals surface area (Å²) < 4.78 is 11.1. The van der Waals surface area contributed by atoms with Gasteiger partial charge in [-0.15, -0.1) is 5.10 Å². The zero-order chi connectivity index (χ0) is 17.6. The second-order valence-electron chi connectivity index (χ2n) is 6.02. The molecule has 0 saturated carbocycles. The number of benzene rings is 2. The number of methoxy groups -OCH3 is 1. The number of hydrogen-bond donors (Lipinski definition) is 2. The molecule has 1 aliphatic rings. The lowest BCUT2D eigenvalue weighted by Crippen LogP contribution is -2.31. The Morgan fingerprint density at radius 3 is 2.80 bits per heavy atom. The minimum atomic E-state index is -0.747. The molecule has 6 heteroatoms. The number of hydrogen-bond acceptors (Lipinski definition) is 5. The predicted octanol–water partition coefficient (Wildman–Crippen LogP) is 3.52. The van der Waals surface area contributed by atoms with Gasteiger partial charge in [0.05, 0.1) is 13.2 Å². The lowest BCUT2D eigenvalue weighted by Gasteiger charge is -2.29. The third-order valence-electron chi connectivity index (χ3n) is 4.69. The number of aromatic nitrogens is 2. The molecule has 0 aliphatic carbocycles. The van der Waals surface area contributed by atoms with Gasteiger partial charge in [-0.1, -0.05) is 30.3 Å². The second-order valence-corrected chi connectivity index (χ2v) is 6.02. The van der Waals surface area contributed by atoms with Gasteiger partial charge in [-0.2, -0.15) is 5.26 Å². The first-order chi connectivity index (χ1) is 12.2. The molecule has 1 aliphatic heterocycles. The fraction of sp³-hybridized carbons (Fsp3) is 0.211. The molecule has 2 aromatic carbocycles. The van der Waals surface area contributed by atoms with Gasteiger partial charge in [-0.05, 0) is 23.8 Å². The Balaban J connectivity index is 2.09. The number of fused-ring (bicyclic) bond motifs is 2. The lowest BCUT2D eigenvalue weighted by atomic mass is 9.77. The average molecular weight is 332 g/mol. The predicted molar refractivity (Wildman–Crippen MR) is 93.1 cm³/mol. The molecule has 1 aromatic heterocycles. The molecule has 2 unspecified atom stereocenters. The van der Waals surface area contributed by atoms with Gasteiger partial charge in [0.25, 0.3) is 0 Å². The average Bonchev–Trinajstić information content (AvgIpc) is 3.00. The van der Waals surface area contributed by atoms with Gasteiger partial charge in [-0.25, -0.2) is 0 Å². The molecule has 25 heavy (non-hydrogen) atoms. The quantitative estimate of drug-likeness (QED) is 0.750.